The molecule has 7 nitrogen and oxygen atoms in total. The van der Waals surface area contributed by atoms with Crippen LogP contribution in [0.5, 0.6) is 0 Å². The zero-order valence-electron chi connectivity index (χ0n) is 11.7. The van der Waals surface area contributed by atoms with Crippen LogP contribution in [0.25, 0.3) is 11.4 Å². The van der Waals surface area contributed by atoms with Gasteiger partial charge in [0.25, 0.3) is 0 Å². The van der Waals surface area contributed by atoms with Crippen LogP contribution in [0.15, 0.2) is 6.07 Å². The van der Waals surface area contributed by atoms with Crippen molar-refractivity contribution in [3.8, 4) is 11.4 Å². The van der Waals surface area contributed by atoms with Gasteiger partial charge in [0.2, 0.25) is 0 Å². The lowest BCUT2D eigenvalue weighted by Gasteiger charge is -2.18. The second-order valence-electron chi connectivity index (χ2n) is 5.32. The number of hydrogen-bond donors (Lipinski definition) is 1. The van der Waals surface area contributed by atoms with E-state index in [2.05, 4.69) is 20.5 Å². The number of carbonyl (C=O) groups is 1. The van der Waals surface area contributed by atoms with Crippen molar-refractivity contribution < 1.29 is 9.53 Å². The lowest BCUT2D eigenvalue weighted by molar-refractivity contribution is 0.00637. The summed E-state index contributed by atoms with van der Waals surface area (Å²) in [4.78, 5) is 12.0. The molecule has 0 bridgehead atoms. The average Bonchev–Trinajstić information content (AvgIpc) is 2.83. The second-order valence-corrected chi connectivity index (χ2v) is 5.32. The lowest BCUT2D eigenvalue weighted by Crippen LogP contribution is -2.24. The van der Waals surface area contributed by atoms with Crippen molar-refractivity contribution >= 4 is 5.97 Å². The molecule has 7 heteroatoms. The van der Waals surface area contributed by atoms with Gasteiger partial charge in [-0.3, -0.25) is 4.68 Å². The van der Waals surface area contributed by atoms with E-state index >= 15 is 0 Å². The molecule has 0 aliphatic carbocycles. The van der Waals surface area contributed by atoms with Crippen LogP contribution in [0.2, 0.25) is 0 Å². The van der Waals surface area contributed by atoms with Crippen LogP contribution in [0.3, 0.4) is 0 Å². The minimum Gasteiger partial charge on any atom is -0.455 e. The van der Waals surface area contributed by atoms with Gasteiger partial charge in [-0.15, -0.1) is 5.10 Å². The van der Waals surface area contributed by atoms with Crippen LogP contribution in [-0.4, -0.2) is 36.8 Å². The highest BCUT2D eigenvalue weighted by Crippen LogP contribution is 2.21. The number of aromatic amines is 1. The van der Waals surface area contributed by atoms with Crippen LogP contribution in [0, 0.1) is 6.92 Å². The van der Waals surface area contributed by atoms with Crippen molar-refractivity contribution in [3.63, 3.8) is 0 Å². The molecule has 19 heavy (non-hydrogen) atoms. The number of aromatic nitrogens is 5. The van der Waals surface area contributed by atoms with Crippen molar-refractivity contribution in [1.29, 1.82) is 0 Å². The summed E-state index contributed by atoms with van der Waals surface area (Å²) in [6.45, 7) is 7.32. The largest absolute Gasteiger partial charge is 0.455 e. The summed E-state index contributed by atoms with van der Waals surface area (Å²) < 4.78 is 7.00. The van der Waals surface area contributed by atoms with Crippen LogP contribution in [-0.2, 0) is 11.8 Å². The van der Waals surface area contributed by atoms with E-state index in [9.17, 15) is 4.79 Å². The van der Waals surface area contributed by atoms with E-state index in [0.29, 0.717) is 11.4 Å². The Morgan fingerprint density at radius 2 is 2.05 bits per heavy atom. The molecule has 0 saturated carbocycles. The Labute approximate surface area is 111 Å². The number of H-pyrrole nitrogens is 1. The van der Waals surface area contributed by atoms with Crippen molar-refractivity contribution in [2.24, 2.45) is 7.05 Å². The Hall–Kier alpha value is -2.18. The molecular weight excluding hydrogens is 246 g/mol. The van der Waals surface area contributed by atoms with Crippen LogP contribution in [0.4, 0.5) is 0 Å². The van der Waals surface area contributed by atoms with Crippen molar-refractivity contribution in [2.45, 2.75) is 33.3 Å². The molecule has 0 aliphatic heterocycles. The van der Waals surface area contributed by atoms with E-state index in [1.165, 1.54) is 0 Å². The van der Waals surface area contributed by atoms with E-state index in [0.717, 1.165) is 5.69 Å². The van der Waals surface area contributed by atoms with Gasteiger partial charge in [0.1, 0.15) is 17.0 Å². The lowest BCUT2D eigenvalue weighted by atomic mass is 10.2. The maximum atomic E-state index is 12.0. The molecule has 102 valence electrons. The monoisotopic (exact) mass is 263 g/mol. The molecular formula is C12H17N5O2. The molecule has 0 radical (unpaired) electrons. The van der Waals surface area contributed by atoms with Gasteiger partial charge >= 0.3 is 5.97 Å². The van der Waals surface area contributed by atoms with Crippen LogP contribution in [0.1, 0.15) is 37.0 Å². The Kier molecular flexibility index (Phi) is 3.13. The summed E-state index contributed by atoms with van der Waals surface area (Å²) in [5.41, 5.74) is 1.53. The van der Waals surface area contributed by atoms with Crippen LogP contribution < -0.4 is 0 Å². The predicted molar refractivity (Wildman–Crippen MR) is 68.5 cm³/mol. The maximum Gasteiger partial charge on any atom is 0.361 e. The maximum absolute atomic E-state index is 12.0. The fourth-order valence-electron chi connectivity index (χ4n) is 1.55. The first-order valence-corrected chi connectivity index (χ1v) is 5.93. The summed E-state index contributed by atoms with van der Waals surface area (Å²) >= 11 is 0. The minimum atomic E-state index is -0.576. The highest BCUT2D eigenvalue weighted by atomic mass is 16.6. The third-order valence-electron chi connectivity index (χ3n) is 2.50. The summed E-state index contributed by atoms with van der Waals surface area (Å²) in [6.07, 6.45) is 0. The van der Waals surface area contributed by atoms with Gasteiger partial charge in [-0.2, -0.15) is 15.4 Å². The summed E-state index contributed by atoms with van der Waals surface area (Å²) in [6, 6.07) is 1.84. The van der Waals surface area contributed by atoms with Crippen molar-refractivity contribution in [1.82, 2.24) is 25.2 Å². The smallest absolute Gasteiger partial charge is 0.361 e. The second kappa shape index (κ2) is 4.49. The normalized spacial score (nSPS) is 11.6. The number of esters is 1. The highest BCUT2D eigenvalue weighted by molar-refractivity contribution is 5.93. The molecule has 0 unspecified atom stereocenters. The number of carbonyl (C=O) groups excluding carboxylic acids is 1. The molecule has 0 saturated heterocycles. The molecule has 0 fully saturated rings. The number of nitrogens with zero attached hydrogens (tertiary/aromatic N) is 4. The number of hydrogen-bond acceptors (Lipinski definition) is 5. The minimum absolute atomic E-state index is 0.146. The molecule has 2 aromatic heterocycles. The van der Waals surface area contributed by atoms with Crippen molar-refractivity contribution in [3.05, 3.63) is 17.5 Å². The zero-order valence-corrected chi connectivity index (χ0v) is 11.7. The van der Waals surface area contributed by atoms with Crippen LogP contribution >= 0.6 is 0 Å². The average molecular weight is 263 g/mol. The van der Waals surface area contributed by atoms with Gasteiger partial charge < -0.3 is 4.74 Å². The standard InChI is InChI=1S/C12H17N5O2/c1-7-6-8(15-17(7)5)9-10(14-16-13-9)11(18)19-12(2,3)4/h6H,1-5H3,(H,13,14,16). The first-order chi connectivity index (χ1) is 8.78. The Bertz CT molecular complexity index is 586. The summed E-state index contributed by atoms with van der Waals surface area (Å²) in [5, 5.41) is 14.6. The Morgan fingerprint density at radius 3 is 2.58 bits per heavy atom. The van der Waals surface area contributed by atoms with E-state index in [4.69, 9.17) is 4.74 Å². The van der Waals surface area contributed by atoms with Gasteiger partial charge in [0.05, 0.1) is 0 Å². The van der Waals surface area contributed by atoms with Gasteiger partial charge in [-0.25, -0.2) is 4.79 Å². The molecule has 2 aromatic rings. The zero-order chi connectivity index (χ0) is 14.2. The summed E-state index contributed by atoms with van der Waals surface area (Å²) in [5.74, 6) is -0.514. The van der Waals surface area contributed by atoms with E-state index < -0.39 is 11.6 Å². The fraction of sp³-hybridized carbons (Fsp3) is 0.500. The first-order valence-electron chi connectivity index (χ1n) is 5.93. The molecule has 0 amide bonds. The Balaban J connectivity index is 2.35. The van der Waals surface area contributed by atoms with Gasteiger partial charge in [0, 0.05) is 12.7 Å². The van der Waals surface area contributed by atoms with Gasteiger partial charge in [-0.1, -0.05) is 0 Å². The number of rotatable bonds is 2. The van der Waals surface area contributed by atoms with Crippen molar-refractivity contribution in [2.75, 3.05) is 0 Å². The van der Waals surface area contributed by atoms with E-state index in [1.807, 2.05) is 20.0 Å². The van der Waals surface area contributed by atoms with Gasteiger partial charge in [-0.05, 0) is 33.8 Å². The molecule has 2 heterocycles. The molecule has 0 aromatic carbocycles. The summed E-state index contributed by atoms with van der Waals surface area (Å²) in [7, 11) is 1.83. The molecule has 0 aliphatic rings. The predicted octanol–water partition coefficient (Wildman–Crippen LogP) is 1.47. The third kappa shape index (κ3) is 2.81. The van der Waals surface area contributed by atoms with E-state index in [1.54, 1.807) is 25.5 Å². The highest BCUT2D eigenvalue weighted by Gasteiger charge is 2.25. The Morgan fingerprint density at radius 1 is 1.37 bits per heavy atom. The third-order valence-corrected chi connectivity index (χ3v) is 2.50. The number of aryl methyl sites for hydroxylation is 2. The van der Waals surface area contributed by atoms with E-state index in [-0.39, 0.29) is 5.69 Å². The first kappa shape index (κ1) is 13.3. The van der Waals surface area contributed by atoms with Gasteiger partial charge in [0.15, 0.2) is 5.69 Å². The molecule has 0 spiro atoms. The number of ether oxygens (including phenoxy) is 1. The topological polar surface area (TPSA) is 85.7 Å². The molecule has 2 rings (SSSR count). The quantitative estimate of drug-likeness (QED) is 0.829. The number of nitrogens with one attached hydrogen (secondary N) is 1. The molecule has 0 atom stereocenters. The molecule has 1 N–H and O–H groups in total. The SMILES string of the molecule is Cc1cc(-c2n[nH]nc2C(=O)OC(C)(C)C)nn1C. The fourth-order valence-corrected chi connectivity index (χ4v) is 1.55.